The second-order valence-electron chi connectivity index (χ2n) is 6.68. The van der Waals surface area contributed by atoms with E-state index in [0.29, 0.717) is 17.5 Å². The van der Waals surface area contributed by atoms with Crippen LogP contribution in [0.5, 0.6) is 0 Å². The van der Waals surface area contributed by atoms with Crippen LogP contribution in [0.2, 0.25) is 0 Å². The van der Waals surface area contributed by atoms with Gasteiger partial charge in [0.1, 0.15) is 0 Å². The van der Waals surface area contributed by atoms with E-state index < -0.39 is 0 Å². The molecule has 1 aromatic heterocycles. The maximum atomic E-state index is 4.11. The quantitative estimate of drug-likeness (QED) is 0.867. The summed E-state index contributed by atoms with van der Waals surface area (Å²) in [6, 6.07) is 0.628. The number of aryl methyl sites for hydroxylation is 1. The molecule has 0 aromatic carbocycles. The smallest absolute Gasteiger partial charge is 0.0945 e. The van der Waals surface area contributed by atoms with Crippen molar-refractivity contribution in [2.45, 2.75) is 58.7 Å². The zero-order valence-electron chi connectivity index (χ0n) is 13.5. The van der Waals surface area contributed by atoms with Crippen molar-refractivity contribution in [3.63, 3.8) is 0 Å². The lowest BCUT2D eigenvalue weighted by atomic mass is 9.89. The van der Waals surface area contributed by atoms with Crippen molar-refractivity contribution in [2.24, 2.45) is 5.92 Å². The summed E-state index contributed by atoms with van der Waals surface area (Å²) in [6.07, 6.45) is 8.21. The van der Waals surface area contributed by atoms with Crippen LogP contribution in [-0.2, 0) is 6.54 Å². The first-order chi connectivity index (χ1) is 9.55. The number of imidazole rings is 1. The largest absolute Gasteiger partial charge is 0.337 e. The van der Waals surface area contributed by atoms with E-state index in [-0.39, 0.29) is 0 Å². The molecular weight excluding hydrogens is 248 g/mol. The van der Waals surface area contributed by atoms with Crippen LogP contribution in [0.15, 0.2) is 18.7 Å². The highest BCUT2D eigenvalue weighted by Gasteiger charge is 2.36. The molecule has 1 aliphatic rings. The van der Waals surface area contributed by atoms with Gasteiger partial charge in [-0.2, -0.15) is 0 Å². The molecule has 1 aliphatic heterocycles. The fourth-order valence-corrected chi connectivity index (χ4v) is 3.00. The minimum absolute atomic E-state index is 0.306. The minimum atomic E-state index is 0.306. The van der Waals surface area contributed by atoms with E-state index in [9.17, 15) is 0 Å². The van der Waals surface area contributed by atoms with Gasteiger partial charge in [0.15, 0.2) is 0 Å². The van der Waals surface area contributed by atoms with Gasteiger partial charge in [0.2, 0.25) is 0 Å². The molecule has 2 rings (SSSR count). The number of aromatic nitrogens is 2. The van der Waals surface area contributed by atoms with Gasteiger partial charge < -0.3 is 9.88 Å². The van der Waals surface area contributed by atoms with Crippen molar-refractivity contribution < 1.29 is 0 Å². The number of nitrogens with one attached hydrogen (secondary N) is 1. The summed E-state index contributed by atoms with van der Waals surface area (Å²) in [6.45, 7) is 13.9. The summed E-state index contributed by atoms with van der Waals surface area (Å²) < 4.78 is 2.17. The van der Waals surface area contributed by atoms with Crippen LogP contribution in [0.1, 0.15) is 40.5 Å². The molecule has 1 aromatic rings. The van der Waals surface area contributed by atoms with E-state index in [2.05, 4.69) is 47.5 Å². The molecule has 0 bridgehead atoms. The molecule has 1 fully saturated rings. The molecule has 4 heteroatoms. The highest BCUT2D eigenvalue weighted by molar-refractivity contribution is 4.95. The Balaban J connectivity index is 1.90. The summed E-state index contributed by atoms with van der Waals surface area (Å²) >= 11 is 0. The van der Waals surface area contributed by atoms with Gasteiger partial charge in [-0.1, -0.05) is 20.8 Å². The average Bonchev–Trinajstić information content (AvgIpc) is 2.94. The van der Waals surface area contributed by atoms with Crippen LogP contribution < -0.4 is 5.32 Å². The summed E-state index contributed by atoms with van der Waals surface area (Å²) in [7, 11) is 0. The Morgan fingerprint density at radius 1 is 1.40 bits per heavy atom. The Morgan fingerprint density at radius 3 is 2.80 bits per heavy atom. The molecule has 1 N–H and O–H groups in total. The third kappa shape index (κ3) is 3.61. The van der Waals surface area contributed by atoms with Crippen LogP contribution in [0, 0.1) is 5.92 Å². The van der Waals surface area contributed by atoms with Crippen LogP contribution in [-0.4, -0.2) is 45.7 Å². The standard InChI is InChI=1S/C16H30N4/c1-5-16(4)12-18-15(14(2)3)11-20(16)9-6-8-19-10-7-17-13-19/h7,10,13-15,18H,5-6,8-9,11-12H2,1-4H3. The normalized spacial score (nSPS) is 28.1. The first-order valence-corrected chi connectivity index (χ1v) is 7.99. The van der Waals surface area contributed by atoms with Gasteiger partial charge in [-0.3, -0.25) is 4.90 Å². The second kappa shape index (κ2) is 6.72. The Hall–Kier alpha value is -0.870. The van der Waals surface area contributed by atoms with Gasteiger partial charge in [0.05, 0.1) is 6.33 Å². The van der Waals surface area contributed by atoms with Crippen LogP contribution in [0.25, 0.3) is 0 Å². The molecule has 4 nitrogen and oxygen atoms in total. The van der Waals surface area contributed by atoms with E-state index in [1.165, 1.54) is 25.9 Å². The number of rotatable bonds is 6. The van der Waals surface area contributed by atoms with Gasteiger partial charge in [-0.15, -0.1) is 0 Å². The summed E-state index contributed by atoms with van der Waals surface area (Å²) in [5.74, 6) is 0.701. The maximum absolute atomic E-state index is 4.11. The number of piperazine rings is 1. The van der Waals surface area contributed by atoms with E-state index in [4.69, 9.17) is 0 Å². The number of nitrogens with zero attached hydrogens (tertiary/aromatic N) is 3. The molecule has 0 radical (unpaired) electrons. The number of hydrogen-bond donors (Lipinski definition) is 1. The maximum Gasteiger partial charge on any atom is 0.0945 e. The third-order valence-corrected chi connectivity index (χ3v) is 4.90. The van der Waals surface area contributed by atoms with Crippen molar-refractivity contribution in [1.82, 2.24) is 19.8 Å². The highest BCUT2D eigenvalue weighted by Crippen LogP contribution is 2.25. The van der Waals surface area contributed by atoms with Crippen molar-refractivity contribution in [1.29, 1.82) is 0 Å². The summed E-state index contributed by atoms with van der Waals surface area (Å²) in [5, 5.41) is 3.74. The lowest BCUT2D eigenvalue weighted by molar-refractivity contribution is 0.0368. The predicted molar refractivity (Wildman–Crippen MR) is 83.7 cm³/mol. The topological polar surface area (TPSA) is 33.1 Å². The van der Waals surface area contributed by atoms with Crippen LogP contribution >= 0.6 is 0 Å². The fraction of sp³-hybridized carbons (Fsp3) is 0.812. The molecule has 0 saturated carbocycles. The van der Waals surface area contributed by atoms with Crippen LogP contribution in [0.3, 0.4) is 0 Å². The monoisotopic (exact) mass is 278 g/mol. The van der Waals surface area contributed by atoms with E-state index in [0.717, 1.165) is 13.1 Å². The average molecular weight is 278 g/mol. The van der Waals surface area contributed by atoms with Gasteiger partial charge in [0, 0.05) is 50.2 Å². The summed E-state index contributed by atoms with van der Waals surface area (Å²) in [4.78, 5) is 6.81. The molecule has 2 heterocycles. The molecule has 0 aliphatic carbocycles. The molecular formula is C16H30N4. The first kappa shape index (κ1) is 15.5. The van der Waals surface area contributed by atoms with Crippen molar-refractivity contribution in [3.05, 3.63) is 18.7 Å². The zero-order valence-corrected chi connectivity index (χ0v) is 13.5. The van der Waals surface area contributed by atoms with Crippen molar-refractivity contribution in [2.75, 3.05) is 19.6 Å². The van der Waals surface area contributed by atoms with Gasteiger partial charge in [0.25, 0.3) is 0 Å². The molecule has 114 valence electrons. The second-order valence-corrected chi connectivity index (χ2v) is 6.68. The Morgan fingerprint density at radius 2 is 2.20 bits per heavy atom. The number of hydrogen-bond acceptors (Lipinski definition) is 3. The predicted octanol–water partition coefficient (Wildman–Crippen LogP) is 2.37. The molecule has 2 unspecified atom stereocenters. The van der Waals surface area contributed by atoms with Crippen LogP contribution in [0.4, 0.5) is 0 Å². The Kier molecular flexibility index (Phi) is 5.22. The molecule has 2 atom stereocenters. The minimum Gasteiger partial charge on any atom is -0.337 e. The van der Waals surface area contributed by atoms with E-state index in [1.807, 2.05) is 18.7 Å². The van der Waals surface area contributed by atoms with Gasteiger partial charge in [-0.25, -0.2) is 4.98 Å². The first-order valence-electron chi connectivity index (χ1n) is 7.99. The van der Waals surface area contributed by atoms with Crippen molar-refractivity contribution in [3.8, 4) is 0 Å². The molecule has 0 spiro atoms. The van der Waals surface area contributed by atoms with Gasteiger partial charge >= 0.3 is 0 Å². The third-order valence-electron chi connectivity index (χ3n) is 4.90. The summed E-state index contributed by atoms with van der Waals surface area (Å²) in [5.41, 5.74) is 0.306. The molecule has 0 amide bonds. The zero-order chi connectivity index (χ0) is 14.6. The van der Waals surface area contributed by atoms with E-state index in [1.54, 1.807) is 0 Å². The molecule has 20 heavy (non-hydrogen) atoms. The fourth-order valence-electron chi connectivity index (χ4n) is 3.00. The van der Waals surface area contributed by atoms with E-state index >= 15 is 0 Å². The van der Waals surface area contributed by atoms with Crippen molar-refractivity contribution >= 4 is 0 Å². The SMILES string of the molecule is CCC1(C)CNC(C(C)C)CN1CCCn1ccnc1. The Bertz CT molecular complexity index is 387. The Labute approximate surface area is 123 Å². The highest BCUT2D eigenvalue weighted by atomic mass is 15.3. The van der Waals surface area contributed by atoms with Gasteiger partial charge in [-0.05, 0) is 25.7 Å². The molecule has 1 saturated heterocycles. The lowest BCUT2D eigenvalue weighted by Crippen LogP contribution is -2.64. The lowest BCUT2D eigenvalue weighted by Gasteiger charge is -2.49.